The maximum Gasteiger partial charge on any atom is 0.387 e. The van der Waals surface area contributed by atoms with Crippen LogP contribution in [-0.2, 0) is 11.2 Å². The molecule has 1 N–H and O–H groups in total. The number of hydrogen-bond acceptors (Lipinski definition) is 4. The molecule has 1 aromatic rings. The van der Waals surface area contributed by atoms with E-state index >= 15 is 0 Å². The van der Waals surface area contributed by atoms with Crippen molar-refractivity contribution >= 4 is 5.97 Å². The Morgan fingerprint density at radius 1 is 1.60 bits per heavy atom. The van der Waals surface area contributed by atoms with Gasteiger partial charge < -0.3 is 9.84 Å². The molecule has 0 bridgehead atoms. The average molecular weight is 273 g/mol. The van der Waals surface area contributed by atoms with Gasteiger partial charge in [-0.15, -0.1) is 0 Å². The number of diazo groups is 1. The fourth-order valence-corrected chi connectivity index (χ4v) is 2.70. The van der Waals surface area contributed by atoms with Crippen molar-refractivity contribution in [3.05, 3.63) is 46.3 Å². The molecule has 104 valence electrons. The van der Waals surface area contributed by atoms with E-state index in [1.165, 1.54) is 6.92 Å². The molecule has 0 amide bonds. The van der Waals surface area contributed by atoms with Gasteiger partial charge in [-0.25, -0.2) is 0 Å². The number of benzene rings is 1. The number of carbonyl (C=O) groups excluding carboxylic acids is 1. The summed E-state index contributed by atoms with van der Waals surface area (Å²) in [6.07, 6.45) is 4.44. The standard InChI is InChI=1S/C15H16N2O3/c1-10(18)20-14-5-6-15-11(7-13(19)9-17-16)3-2-4-12(15)8-14/h5-6,8-9,11H,2-4,7H2,1H3/p+1/b13-9-. The first-order chi connectivity index (χ1) is 9.60. The van der Waals surface area contributed by atoms with Crippen molar-refractivity contribution in [1.82, 2.24) is 0 Å². The topological polar surface area (TPSA) is 74.7 Å². The van der Waals surface area contributed by atoms with E-state index in [4.69, 9.17) is 10.1 Å². The highest BCUT2D eigenvalue weighted by molar-refractivity contribution is 5.69. The van der Waals surface area contributed by atoms with Crippen LogP contribution in [0, 0.1) is 5.39 Å². The summed E-state index contributed by atoms with van der Waals surface area (Å²) in [4.78, 5) is 13.8. The van der Waals surface area contributed by atoms with Gasteiger partial charge >= 0.3 is 12.2 Å². The van der Waals surface area contributed by atoms with Crippen LogP contribution >= 0.6 is 0 Å². The fourth-order valence-electron chi connectivity index (χ4n) is 2.70. The normalized spacial score (nSPS) is 18.0. The summed E-state index contributed by atoms with van der Waals surface area (Å²) in [5.74, 6) is 0.488. The third-order valence-corrected chi connectivity index (χ3v) is 3.48. The highest BCUT2D eigenvalue weighted by Gasteiger charge is 2.22. The molecule has 0 saturated carbocycles. The van der Waals surface area contributed by atoms with Gasteiger partial charge in [-0.1, -0.05) is 6.07 Å². The largest absolute Gasteiger partial charge is 0.505 e. The first-order valence-electron chi connectivity index (χ1n) is 6.63. The van der Waals surface area contributed by atoms with Crippen LogP contribution in [0.3, 0.4) is 0 Å². The minimum Gasteiger partial charge on any atom is -0.505 e. The molecule has 1 unspecified atom stereocenters. The number of allylic oxidation sites excluding steroid dienone is 1. The van der Waals surface area contributed by atoms with Gasteiger partial charge in [0, 0.05) is 13.3 Å². The molecule has 1 atom stereocenters. The first kappa shape index (κ1) is 14.1. The number of aryl methyl sites for hydroxylation is 1. The summed E-state index contributed by atoms with van der Waals surface area (Å²) in [7, 11) is 0. The van der Waals surface area contributed by atoms with Crippen LogP contribution in [0.15, 0.2) is 30.2 Å². The molecule has 1 aliphatic carbocycles. The Balaban J connectivity index is 2.21. The summed E-state index contributed by atoms with van der Waals surface area (Å²) >= 11 is 0. The van der Waals surface area contributed by atoms with E-state index in [-0.39, 0.29) is 17.6 Å². The van der Waals surface area contributed by atoms with E-state index < -0.39 is 0 Å². The van der Waals surface area contributed by atoms with Crippen LogP contribution in [0.2, 0.25) is 0 Å². The second-order valence-electron chi connectivity index (χ2n) is 4.98. The Kier molecular flexibility index (Phi) is 4.36. The highest BCUT2D eigenvalue weighted by atomic mass is 16.5. The van der Waals surface area contributed by atoms with E-state index in [1.54, 1.807) is 6.07 Å². The molecule has 0 aromatic heterocycles. The Morgan fingerprint density at radius 2 is 2.40 bits per heavy atom. The Hall–Kier alpha value is -2.35. The number of nitrogens with zero attached hydrogens (tertiary/aromatic N) is 2. The molecule has 0 fully saturated rings. The molecule has 1 aromatic carbocycles. The lowest BCUT2D eigenvalue weighted by atomic mass is 9.80. The molecule has 0 saturated heterocycles. The number of aliphatic hydroxyl groups is 1. The van der Waals surface area contributed by atoms with Crippen molar-refractivity contribution in [2.75, 3.05) is 0 Å². The van der Waals surface area contributed by atoms with E-state index in [1.807, 2.05) is 12.1 Å². The maximum atomic E-state index is 11.0. The van der Waals surface area contributed by atoms with E-state index in [0.717, 1.165) is 36.6 Å². The monoisotopic (exact) mass is 273 g/mol. The van der Waals surface area contributed by atoms with Crippen LogP contribution in [-0.4, -0.2) is 11.1 Å². The Labute approximate surface area is 117 Å². The fraction of sp³-hybridized carbons (Fsp3) is 0.400. The molecule has 5 nitrogen and oxygen atoms in total. The number of esters is 1. The smallest absolute Gasteiger partial charge is 0.387 e. The predicted octanol–water partition coefficient (Wildman–Crippen LogP) is 3.67. The highest BCUT2D eigenvalue weighted by Crippen LogP contribution is 2.37. The molecule has 0 spiro atoms. The summed E-state index contributed by atoms with van der Waals surface area (Å²) < 4.78 is 5.09. The van der Waals surface area contributed by atoms with Gasteiger partial charge in [0.05, 0.1) is 0 Å². The SMILES string of the molecule is CC(=O)Oc1ccc2c(c1)CCCC2C/C(O)=C/[N+]#N. The molecule has 1 aliphatic rings. The Bertz CT molecular complexity index is 587. The Morgan fingerprint density at radius 3 is 3.10 bits per heavy atom. The lowest BCUT2D eigenvalue weighted by Gasteiger charge is -2.25. The first-order valence-corrected chi connectivity index (χ1v) is 6.63. The van der Waals surface area contributed by atoms with Crippen LogP contribution in [0.25, 0.3) is 4.98 Å². The number of aliphatic hydroxyl groups excluding tert-OH is 1. The lowest BCUT2D eigenvalue weighted by Crippen LogP contribution is -2.11. The van der Waals surface area contributed by atoms with Gasteiger partial charge in [0.25, 0.3) is 0 Å². The minimum absolute atomic E-state index is 0.0643. The zero-order chi connectivity index (χ0) is 14.5. The summed E-state index contributed by atoms with van der Waals surface area (Å²) in [5, 5.41) is 18.1. The van der Waals surface area contributed by atoms with Crippen molar-refractivity contribution in [1.29, 1.82) is 5.39 Å². The van der Waals surface area contributed by atoms with Gasteiger partial charge in [0.15, 0.2) is 10.7 Å². The predicted molar refractivity (Wildman–Crippen MR) is 73.8 cm³/mol. The van der Waals surface area contributed by atoms with E-state index in [2.05, 4.69) is 4.98 Å². The number of fused-ring (bicyclic) bond motifs is 1. The van der Waals surface area contributed by atoms with E-state index in [9.17, 15) is 9.90 Å². The third-order valence-electron chi connectivity index (χ3n) is 3.48. The zero-order valence-corrected chi connectivity index (χ0v) is 11.4. The van der Waals surface area contributed by atoms with Crippen molar-refractivity contribution < 1.29 is 14.6 Å². The maximum absolute atomic E-state index is 11.0. The van der Waals surface area contributed by atoms with Crippen molar-refractivity contribution in [3.8, 4) is 5.75 Å². The van der Waals surface area contributed by atoms with Crippen LogP contribution in [0.4, 0.5) is 0 Å². The second kappa shape index (κ2) is 6.20. The number of ether oxygens (including phenoxy) is 1. The molecule has 0 aliphatic heterocycles. The molecule has 2 rings (SSSR count). The van der Waals surface area contributed by atoms with Crippen molar-refractivity contribution in [2.24, 2.45) is 0 Å². The van der Waals surface area contributed by atoms with Gasteiger partial charge in [0.1, 0.15) is 5.75 Å². The summed E-state index contributed by atoms with van der Waals surface area (Å²) in [6, 6.07) is 5.61. The van der Waals surface area contributed by atoms with Gasteiger partial charge in [-0.2, -0.15) is 0 Å². The molecule has 5 heteroatoms. The van der Waals surface area contributed by atoms with Gasteiger partial charge in [-0.3, -0.25) is 4.79 Å². The lowest BCUT2D eigenvalue weighted by molar-refractivity contribution is -0.131. The molecule has 20 heavy (non-hydrogen) atoms. The number of rotatable bonds is 3. The van der Waals surface area contributed by atoms with E-state index in [0.29, 0.717) is 12.2 Å². The molecule has 0 radical (unpaired) electrons. The number of hydrogen-bond donors (Lipinski definition) is 1. The average Bonchev–Trinajstić information content (AvgIpc) is 2.38. The molecule has 0 heterocycles. The van der Waals surface area contributed by atoms with Crippen molar-refractivity contribution in [2.45, 2.75) is 38.5 Å². The summed E-state index contributed by atoms with van der Waals surface area (Å²) in [6.45, 7) is 1.38. The third kappa shape index (κ3) is 3.35. The molecular weight excluding hydrogens is 256 g/mol. The van der Waals surface area contributed by atoms with Gasteiger partial charge in [0.2, 0.25) is 5.39 Å². The quantitative estimate of drug-likeness (QED) is 0.394. The molecular formula is C15H17N2O3+. The van der Waals surface area contributed by atoms with Crippen LogP contribution < -0.4 is 4.74 Å². The van der Waals surface area contributed by atoms with Crippen molar-refractivity contribution in [3.63, 3.8) is 0 Å². The second-order valence-corrected chi connectivity index (χ2v) is 4.98. The number of carbonyl (C=O) groups is 1. The van der Waals surface area contributed by atoms with Crippen LogP contribution in [0.5, 0.6) is 5.75 Å². The van der Waals surface area contributed by atoms with Crippen LogP contribution in [0.1, 0.15) is 43.2 Å². The van der Waals surface area contributed by atoms with Gasteiger partial charge in [-0.05, 0) is 48.4 Å². The minimum atomic E-state index is -0.331. The zero-order valence-electron chi connectivity index (χ0n) is 11.4. The summed E-state index contributed by atoms with van der Waals surface area (Å²) in [5.41, 5.74) is 2.30.